The van der Waals surface area contributed by atoms with Gasteiger partial charge >= 0.3 is 0 Å². The zero-order valence-corrected chi connectivity index (χ0v) is 10.8. The Morgan fingerprint density at radius 3 is 2.59 bits per heavy atom. The Balaban J connectivity index is 2.17. The molecule has 90 valence electrons. The third-order valence-electron chi connectivity index (χ3n) is 2.30. The molecule has 2 aromatic heterocycles. The van der Waals surface area contributed by atoms with E-state index in [1.165, 1.54) is 11.3 Å². The molecule has 0 aliphatic rings. The molecule has 0 bridgehead atoms. The average Bonchev–Trinajstić information content (AvgIpc) is 2.84. The second kappa shape index (κ2) is 4.95. The second-order valence-corrected chi connectivity index (χ2v) is 6.44. The highest BCUT2D eigenvalue weighted by Crippen LogP contribution is 2.19. The van der Waals surface area contributed by atoms with Crippen molar-refractivity contribution >= 4 is 21.4 Å². The summed E-state index contributed by atoms with van der Waals surface area (Å²) in [6, 6.07) is 6.62. The van der Waals surface area contributed by atoms with E-state index in [1.54, 1.807) is 49.0 Å². The molecule has 0 aliphatic heterocycles. The molecule has 0 radical (unpaired) electrons. The number of nitrogens with zero attached hydrogens (tertiary/aromatic N) is 1. The van der Waals surface area contributed by atoms with Gasteiger partial charge in [-0.05, 0) is 36.1 Å². The summed E-state index contributed by atoms with van der Waals surface area (Å²) in [5.74, 6) is 0. The Morgan fingerprint density at radius 1 is 1.29 bits per heavy atom. The summed E-state index contributed by atoms with van der Waals surface area (Å²) in [4.78, 5) is 3.90. The van der Waals surface area contributed by atoms with Crippen LogP contribution in [-0.4, -0.2) is 13.4 Å². The van der Waals surface area contributed by atoms with Crippen LogP contribution in [0.2, 0.25) is 0 Å². The van der Waals surface area contributed by atoms with Crippen molar-refractivity contribution in [2.24, 2.45) is 0 Å². The molecule has 17 heavy (non-hydrogen) atoms. The van der Waals surface area contributed by atoms with E-state index in [4.69, 9.17) is 0 Å². The number of hydrogen-bond acceptors (Lipinski definition) is 4. The Hall–Kier alpha value is -1.24. The van der Waals surface area contributed by atoms with E-state index in [0.29, 0.717) is 4.21 Å². The predicted octanol–water partition coefficient (Wildman–Crippen LogP) is 2.18. The first-order valence-corrected chi connectivity index (χ1v) is 7.41. The highest BCUT2D eigenvalue weighted by molar-refractivity contribution is 7.91. The van der Waals surface area contributed by atoms with Gasteiger partial charge < -0.3 is 0 Å². The van der Waals surface area contributed by atoms with Crippen molar-refractivity contribution in [2.45, 2.75) is 17.2 Å². The van der Waals surface area contributed by atoms with Crippen molar-refractivity contribution in [1.29, 1.82) is 0 Å². The van der Waals surface area contributed by atoms with Crippen molar-refractivity contribution in [3.63, 3.8) is 0 Å². The topological polar surface area (TPSA) is 59.1 Å². The quantitative estimate of drug-likeness (QED) is 0.924. The lowest BCUT2D eigenvalue weighted by Gasteiger charge is -2.13. The van der Waals surface area contributed by atoms with E-state index in [-0.39, 0.29) is 6.04 Å². The molecule has 0 unspecified atom stereocenters. The number of nitrogens with one attached hydrogen (secondary N) is 1. The summed E-state index contributed by atoms with van der Waals surface area (Å²) in [6.07, 6.45) is 3.29. The molecule has 0 saturated heterocycles. The molecule has 0 spiro atoms. The Kier molecular flexibility index (Phi) is 3.56. The molecule has 1 atom stereocenters. The molecule has 1 N–H and O–H groups in total. The first-order valence-electron chi connectivity index (χ1n) is 5.05. The SMILES string of the molecule is C[C@@H](NS(=O)(=O)c1cccs1)c1ccncc1. The van der Waals surface area contributed by atoms with Gasteiger partial charge in [-0.25, -0.2) is 13.1 Å². The molecule has 2 rings (SSSR count). The van der Waals surface area contributed by atoms with Crippen LogP contribution in [0.25, 0.3) is 0 Å². The van der Waals surface area contributed by atoms with E-state index in [1.807, 2.05) is 0 Å². The molecule has 0 saturated carbocycles. The standard InChI is InChI=1S/C11H12N2O2S2/c1-9(10-4-6-12-7-5-10)13-17(14,15)11-3-2-8-16-11/h2-9,13H,1H3/t9-/m1/s1. The van der Waals surface area contributed by atoms with Gasteiger partial charge in [0.05, 0.1) is 0 Å². The fraction of sp³-hybridized carbons (Fsp3) is 0.182. The van der Waals surface area contributed by atoms with Gasteiger partial charge in [0.15, 0.2) is 0 Å². The number of thiophene rings is 1. The summed E-state index contributed by atoms with van der Waals surface area (Å²) in [6.45, 7) is 1.81. The smallest absolute Gasteiger partial charge is 0.250 e. The summed E-state index contributed by atoms with van der Waals surface area (Å²) in [7, 11) is -3.42. The molecule has 0 amide bonds. The van der Waals surface area contributed by atoms with E-state index in [0.717, 1.165) is 5.56 Å². The first kappa shape index (κ1) is 12.2. The molecule has 0 aliphatic carbocycles. The van der Waals surface area contributed by atoms with Crippen LogP contribution >= 0.6 is 11.3 Å². The van der Waals surface area contributed by atoms with Crippen LogP contribution in [-0.2, 0) is 10.0 Å². The zero-order valence-electron chi connectivity index (χ0n) is 9.20. The molecule has 2 heterocycles. The summed E-state index contributed by atoms with van der Waals surface area (Å²) < 4.78 is 26.9. The number of rotatable bonds is 4. The van der Waals surface area contributed by atoms with Crippen LogP contribution in [0.15, 0.2) is 46.2 Å². The largest absolute Gasteiger partial charge is 0.265 e. The van der Waals surface area contributed by atoms with Crippen molar-refractivity contribution in [2.75, 3.05) is 0 Å². The monoisotopic (exact) mass is 268 g/mol. The molecule has 6 heteroatoms. The summed E-state index contributed by atoms with van der Waals surface area (Å²) in [5, 5.41) is 1.74. The number of pyridine rings is 1. The van der Waals surface area contributed by atoms with Gasteiger partial charge in [-0.3, -0.25) is 4.98 Å². The number of aromatic nitrogens is 1. The molecule has 0 fully saturated rings. The van der Waals surface area contributed by atoms with Crippen LogP contribution < -0.4 is 4.72 Å². The van der Waals surface area contributed by atoms with Crippen LogP contribution in [0, 0.1) is 0 Å². The fourth-order valence-electron chi connectivity index (χ4n) is 1.43. The number of sulfonamides is 1. The van der Waals surface area contributed by atoms with Crippen LogP contribution in [0.4, 0.5) is 0 Å². The molecule has 4 nitrogen and oxygen atoms in total. The van der Waals surface area contributed by atoms with Crippen molar-refractivity contribution in [1.82, 2.24) is 9.71 Å². The lowest BCUT2D eigenvalue weighted by atomic mass is 10.1. The van der Waals surface area contributed by atoms with E-state index < -0.39 is 10.0 Å². The van der Waals surface area contributed by atoms with Crippen molar-refractivity contribution in [3.05, 3.63) is 47.6 Å². The van der Waals surface area contributed by atoms with Crippen molar-refractivity contribution < 1.29 is 8.42 Å². The van der Waals surface area contributed by atoms with Crippen molar-refractivity contribution in [3.8, 4) is 0 Å². The minimum atomic E-state index is -3.42. The average molecular weight is 268 g/mol. The maximum atomic E-state index is 12.0. The van der Waals surface area contributed by atoms with Gasteiger partial charge in [0.1, 0.15) is 4.21 Å². The van der Waals surface area contributed by atoms with Gasteiger partial charge in [0, 0.05) is 18.4 Å². The highest BCUT2D eigenvalue weighted by atomic mass is 32.2. The third-order valence-corrected chi connectivity index (χ3v) is 5.24. The maximum absolute atomic E-state index is 12.0. The molecular weight excluding hydrogens is 256 g/mol. The van der Waals surface area contributed by atoms with E-state index >= 15 is 0 Å². The predicted molar refractivity (Wildman–Crippen MR) is 67.3 cm³/mol. The number of hydrogen-bond donors (Lipinski definition) is 1. The zero-order chi connectivity index (χ0) is 12.3. The minimum absolute atomic E-state index is 0.273. The van der Waals surface area contributed by atoms with Gasteiger partial charge in [-0.15, -0.1) is 11.3 Å². The van der Waals surface area contributed by atoms with Gasteiger partial charge in [0.2, 0.25) is 0 Å². The van der Waals surface area contributed by atoms with E-state index in [2.05, 4.69) is 9.71 Å². The first-order chi connectivity index (χ1) is 8.09. The maximum Gasteiger partial charge on any atom is 0.250 e. The second-order valence-electron chi connectivity index (χ2n) is 3.56. The molecule has 2 aromatic rings. The highest BCUT2D eigenvalue weighted by Gasteiger charge is 2.18. The summed E-state index contributed by atoms with van der Waals surface area (Å²) >= 11 is 1.20. The van der Waals surface area contributed by atoms with Crippen LogP contribution in [0.5, 0.6) is 0 Å². The van der Waals surface area contributed by atoms with Crippen LogP contribution in [0.1, 0.15) is 18.5 Å². The Labute approximate surface area is 104 Å². The van der Waals surface area contributed by atoms with Crippen LogP contribution in [0.3, 0.4) is 0 Å². The molecular formula is C11H12N2O2S2. The fourth-order valence-corrected chi connectivity index (χ4v) is 3.67. The third kappa shape index (κ3) is 2.91. The lowest BCUT2D eigenvalue weighted by Crippen LogP contribution is -2.26. The minimum Gasteiger partial charge on any atom is -0.265 e. The summed E-state index contributed by atoms with van der Waals surface area (Å²) in [5.41, 5.74) is 0.889. The Morgan fingerprint density at radius 2 is 2.00 bits per heavy atom. The van der Waals surface area contributed by atoms with Gasteiger partial charge in [0.25, 0.3) is 10.0 Å². The Bertz CT molecular complexity index is 565. The van der Waals surface area contributed by atoms with Gasteiger partial charge in [-0.2, -0.15) is 0 Å². The normalized spacial score (nSPS) is 13.5. The van der Waals surface area contributed by atoms with Gasteiger partial charge in [-0.1, -0.05) is 6.07 Å². The molecule has 0 aromatic carbocycles. The van der Waals surface area contributed by atoms with E-state index in [9.17, 15) is 8.42 Å². The lowest BCUT2D eigenvalue weighted by molar-refractivity contribution is 0.569.